The zero-order chi connectivity index (χ0) is 20.3. The summed E-state index contributed by atoms with van der Waals surface area (Å²) in [5, 5.41) is 0. The number of cyclic esters (lactones) is 1. The van der Waals surface area contributed by atoms with Crippen molar-refractivity contribution in [3.05, 3.63) is 35.4 Å². The van der Waals surface area contributed by atoms with Gasteiger partial charge < -0.3 is 14.4 Å². The zero-order valence-electron chi connectivity index (χ0n) is 16.7. The van der Waals surface area contributed by atoms with Gasteiger partial charge in [-0.25, -0.2) is 9.59 Å². The second-order valence-corrected chi connectivity index (χ2v) is 7.53. The van der Waals surface area contributed by atoms with Crippen LogP contribution < -0.4 is 0 Å². The predicted molar refractivity (Wildman–Crippen MR) is 103 cm³/mol. The molecule has 0 N–H and O–H groups in total. The van der Waals surface area contributed by atoms with E-state index in [1.165, 1.54) is 7.11 Å². The highest BCUT2D eigenvalue weighted by molar-refractivity contribution is 5.98. The lowest BCUT2D eigenvalue weighted by atomic mass is 9.95. The third-order valence-corrected chi connectivity index (χ3v) is 5.92. The number of piperidine rings is 1. The Kier molecular flexibility index (Phi) is 6.21. The molecule has 2 amide bonds. The van der Waals surface area contributed by atoms with Gasteiger partial charge in [-0.15, -0.1) is 0 Å². The molecule has 2 aliphatic heterocycles. The molecule has 0 aliphatic carbocycles. The predicted octanol–water partition coefficient (Wildman–Crippen LogP) is 2.94. The number of likely N-dealkylation sites (tertiary alicyclic amines) is 1. The topological polar surface area (TPSA) is 76.2 Å². The highest BCUT2D eigenvalue weighted by atomic mass is 16.6. The molecule has 0 aromatic heterocycles. The molecule has 2 unspecified atom stereocenters. The highest BCUT2D eigenvalue weighted by Crippen LogP contribution is 2.29. The van der Waals surface area contributed by atoms with Gasteiger partial charge in [0.1, 0.15) is 6.61 Å². The molecule has 28 heavy (non-hydrogen) atoms. The minimum Gasteiger partial charge on any atom is -0.465 e. The number of benzene rings is 1. The molecule has 0 spiro atoms. The van der Waals surface area contributed by atoms with Crippen LogP contribution in [0.25, 0.3) is 0 Å². The maximum absolute atomic E-state index is 12.8. The van der Waals surface area contributed by atoms with Crippen molar-refractivity contribution in [3.63, 3.8) is 0 Å². The minimum atomic E-state index is -0.461. The van der Waals surface area contributed by atoms with E-state index in [4.69, 9.17) is 9.47 Å². The number of carbonyl (C=O) groups excluding carboxylic acids is 3. The fraction of sp³-hybridized carbons (Fsp3) is 0.571. The molecule has 2 fully saturated rings. The summed E-state index contributed by atoms with van der Waals surface area (Å²) in [5.74, 6) is -0.184. The summed E-state index contributed by atoms with van der Waals surface area (Å²) in [7, 11) is 1.32. The first-order valence-corrected chi connectivity index (χ1v) is 9.89. The molecule has 2 atom stereocenters. The van der Waals surface area contributed by atoms with E-state index in [9.17, 15) is 14.4 Å². The minimum absolute atomic E-state index is 0.0967. The molecule has 1 aromatic carbocycles. The molecule has 152 valence electrons. The fourth-order valence-corrected chi connectivity index (χ4v) is 4.00. The number of amides is 2. The summed E-state index contributed by atoms with van der Waals surface area (Å²) in [6.45, 7) is 5.86. The van der Waals surface area contributed by atoms with Crippen LogP contribution in [0.2, 0.25) is 0 Å². The van der Waals surface area contributed by atoms with Crippen molar-refractivity contribution in [2.45, 2.75) is 45.2 Å². The van der Waals surface area contributed by atoms with Gasteiger partial charge in [0.05, 0.1) is 18.7 Å². The van der Waals surface area contributed by atoms with Gasteiger partial charge in [-0.1, -0.05) is 26.3 Å². The van der Waals surface area contributed by atoms with Gasteiger partial charge in [-0.3, -0.25) is 9.69 Å². The van der Waals surface area contributed by atoms with Crippen molar-refractivity contribution in [3.8, 4) is 0 Å². The third-order valence-electron chi connectivity index (χ3n) is 5.92. The van der Waals surface area contributed by atoms with E-state index in [0.29, 0.717) is 36.7 Å². The standard InChI is InChI=1S/C21H28N2O5/c1-4-14(2)18-13-28-21(26)23(18)17-8-10-22(11-9-17)19(24)15-6-5-7-16(12-15)20(25)27-3/h5-7,12,14,17-18H,4,8-11,13H2,1-3H3. The Balaban J connectivity index is 1.64. The Hall–Kier alpha value is -2.57. The number of hydrogen-bond acceptors (Lipinski definition) is 5. The Morgan fingerprint density at radius 2 is 1.93 bits per heavy atom. The maximum Gasteiger partial charge on any atom is 0.410 e. The second kappa shape index (κ2) is 8.63. The molecule has 2 heterocycles. The van der Waals surface area contributed by atoms with Crippen molar-refractivity contribution in [1.29, 1.82) is 0 Å². The molecule has 1 aromatic rings. The number of esters is 1. The largest absolute Gasteiger partial charge is 0.465 e. The van der Waals surface area contributed by atoms with Crippen molar-refractivity contribution in [2.75, 3.05) is 26.8 Å². The lowest BCUT2D eigenvalue weighted by Crippen LogP contribution is -2.51. The molecule has 2 saturated heterocycles. The molecule has 7 nitrogen and oxygen atoms in total. The quantitative estimate of drug-likeness (QED) is 0.725. The van der Waals surface area contributed by atoms with Crippen LogP contribution in [0.3, 0.4) is 0 Å². The number of methoxy groups -OCH3 is 1. The molecule has 0 radical (unpaired) electrons. The molecule has 0 saturated carbocycles. The van der Waals surface area contributed by atoms with Gasteiger partial charge in [-0.05, 0) is 37.0 Å². The first kappa shape index (κ1) is 20.2. The van der Waals surface area contributed by atoms with Gasteiger partial charge in [0.25, 0.3) is 5.91 Å². The van der Waals surface area contributed by atoms with E-state index in [0.717, 1.165) is 19.3 Å². The van der Waals surface area contributed by atoms with Gasteiger partial charge in [-0.2, -0.15) is 0 Å². The summed E-state index contributed by atoms with van der Waals surface area (Å²) in [4.78, 5) is 40.5. The van der Waals surface area contributed by atoms with E-state index in [1.807, 2.05) is 4.90 Å². The summed E-state index contributed by atoms with van der Waals surface area (Å²) in [6, 6.07) is 6.79. The summed E-state index contributed by atoms with van der Waals surface area (Å²) in [6.07, 6.45) is 2.21. The van der Waals surface area contributed by atoms with Crippen molar-refractivity contribution >= 4 is 18.0 Å². The molecule has 7 heteroatoms. The van der Waals surface area contributed by atoms with E-state index >= 15 is 0 Å². The zero-order valence-corrected chi connectivity index (χ0v) is 16.7. The fourth-order valence-electron chi connectivity index (χ4n) is 4.00. The van der Waals surface area contributed by atoms with Gasteiger partial charge >= 0.3 is 12.1 Å². The Bertz CT molecular complexity index is 742. The first-order chi connectivity index (χ1) is 13.5. The van der Waals surface area contributed by atoms with Crippen LogP contribution in [0.5, 0.6) is 0 Å². The average Bonchev–Trinajstić information content (AvgIpc) is 3.13. The molecule has 2 aliphatic rings. The van der Waals surface area contributed by atoms with Gasteiger partial charge in [0.2, 0.25) is 0 Å². The summed E-state index contributed by atoms with van der Waals surface area (Å²) >= 11 is 0. The lowest BCUT2D eigenvalue weighted by Gasteiger charge is -2.39. The summed E-state index contributed by atoms with van der Waals surface area (Å²) in [5.41, 5.74) is 0.832. The van der Waals surface area contributed by atoms with Crippen LogP contribution in [0.4, 0.5) is 4.79 Å². The van der Waals surface area contributed by atoms with Crippen molar-refractivity contribution < 1.29 is 23.9 Å². The Morgan fingerprint density at radius 3 is 2.57 bits per heavy atom. The van der Waals surface area contributed by atoms with E-state index in [-0.39, 0.29) is 24.1 Å². The Morgan fingerprint density at radius 1 is 1.25 bits per heavy atom. The molecular weight excluding hydrogens is 360 g/mol. The summed E-state index contributed by atoms with van der Waals surface area (Å²) < 4.78 is 10.0. The smallest absolute Gasteiger partial charge is 0.410 e. The molecule has 0 bridgehead atoms. The van der Waals surface area contributed by atoms with E-state index < -0.39 is 5.97 Å². The van der Waals surface area contributed by atoms with Gasteiger partial charge in [0, 0.05) is 24.7 Å². The number of hydrogen-bond donors (Lipinski definition) is 0. The number of rotatable bonds is 5. The first-order valence-electron chi connectivity index (χ1n) is 9.89. The second-order valence-electron chi connectivity index (χ2n) is 7.53. The van der Waals surface area contributed by atoms with E-state index in [1.54, 1.807) is 29.2 Å². The van der Waals surface area contributed by atoms with Crippen LogP contribution in [0.15, 0.2) is 24.3 Å². The van der Waals surface area contributed by atoms with Gasteiger partial charge in [0.15, 0.2) is 0 Å². The SMILES string of the molecule is CCC(C)C1COC(=O)N1C1CCN(C(=O)c2cccc(C(=O)OC)c2)CC1. The monoisotopic (exact) mass is 388 g/mol. The van der Waals surface area contributed by atoms with Crippen LogP contribution in [0, 0.1) is 5.92 Å². The van der Waals surface area contributed by atoms with Crippen molar-refractivity contribution in [2.24, 2.45) is 5.92 Å². The molecule has 3 rings (SSSR count). The Labute approximate surface area is 165 Å². The number of nitrogens with zero attached hydrogens (tertiary/aromatic N) is 2. The van der Waals surface area contributed by atoms with Crippen LogP contribution in [0.1, 0.15) is 53.8 Å². The number of ether oxygens (including phenoxy) is 2. The van der Waals surface area contributed by atoms with E-state index in [2.05, 4.69) is 13.8 Å². The highest BCUT2D eigenvalue weighted by Gasteiger charge is 2.41. The normalized spacial score (nSPS) is 21.4. The van der Waals surface area contributed by atoms with Crippen LogP contribution in [-0.4, -0.2) is 66.7 Å². The number of carbonyl (C=O) groups is 3. The maximum atomic E-state index is 12.8. The average molecular weight is 388 g/mol. The molecular formula is C21H28N2O5. The lowest BCUT2D eigenvalue weighted by molar-refractivity contribution is 0.0600. The third kappa shape index (κ3) is 3.98. The van der Waals surface area contributed by atoms with Crippen LogP contribution >= 0.6 is 0 Å². The van der Waals surface area contributed by atoms with Crippen LogP contribution in [-0.2, 0) is 9.47 Å². The van der Waals surface area contributed by atoms with Crippen molar-refractivity contribution in [1.82, 2.24) is 9.80 Å².